The summed E-state index contributed by atoms with van der Waals surface area (Å²) < 4.78 is 5.07. The predicted octanol–water partition coefficient (Wildman–Crippen LogP) is 3.18. The molecule has 0 aliphatic carbocycles. The molecule has 7 heteroatoms. The molecule has 1 aliphatic heterocycles. The van der Waals surface area contributed by atoms with Crippen LogP contribution in [0, 0.1) is 6.92 Å². The summed E-state index contributed by atoms with van der Waals surface area (Å²) in [4.78, 5) is 40.4. The molecular formula is C24H28N2O5. The van der Waals surface area contributed by atoms with Gasteiger partial charge in [-0.1, -0.05) is 29.8 Å². The van der Waals surface area contributed by atoms with Crippen LogP contribution in [0.1, 0.15) is 49.2 Å². The molecule has 0 unspecified atom stereocenters. The fraction of sp³-hybridized carbons (Fsp3) is 0.375. The quantitative estimate of drug-likeness (QED) is 0.524. The van der Waals surface area contributed by atoms with E-state index < -0.39 is 23.5 Å². The zero-order valence-electron chi connectivity index (χ0n) is 18.4. The highest BCUT2D eigenvalue weighted by Crippen LogP contribution is 2.46. The summed E-state index contributed by atoms with van der Waals surface area (Å²) in [7, 11) is 0. The summed E-state index contributed by atoms with van der Waals surface area (Å²) in [6.07, 6.45) is -1.83. The SMILES string of the molecule is CCOC(=O)[C@@H](O)[C@]1(Nc2ccc(C)cc2C(C)=O)C(=O)N(C(C)C)c2ccccc21. The van der Waals surface area contributed by atoms with Gasteiger partial charge in [-0.05, 0) is 52.8 Å². The molecule has 0 saturated heterocycles. The number of rotatable bonds is 7. The van der Waals surface area contributed by atoms with Gasteiger partial charge >= 0.3 is 5.97 Å². The van der Waals surface area contributed by atoms with E-state index in [1.165, 1.54) is 6.92 Å². The van der Waals surface area contributed by atoms with Gasteiger partial charge < -0.3 is 20.1 Å². The second-order valence-corrected chi connectivity index (χ2v) is 7.98. The Labute approximate surface area is 182 Å². The first-order valence-corrected chi connectivity index (χ1v) is 10.3. The molecule has 0 fully saturated rings. The number of fused-ring (bicyclic) bond motifs is 1. The minimum Gasteiger partial charge on any atom is -0.464 e. The van der Waals surface area contributed by atoms with E-state index >= 15 is 0 Å². The van der Waals surface area contributed by atoms with Crippen LogP contribution in [0.2, 0.25) is 0 Å². The fourth-order valence-electron chi connectivity index (χ4n) is 4.07. The summed E-state index contributed by atoms with van der Waals surface area (Å²) in [5, 5.41) is 14.3. The Bertz CT molecular complexity index is 1030. The number of Topliss-reactive ketones (excluding diaryl/α,β-unsaturated/α-hetero) is 1. The van der Waals surface area contributed by atoms with Gasteiger partial charge in [-0.25, -0.2) is 4.79 Å². The van der Waals surface area contributed by atoms with Crippen molar-refractivity contribution in [3.05, 3.63) is 59.2 Å². The number of benzene rings is 2. The number of hydrogen-bond donors (Lipinski definition) is 2. The number of carbonyl (C=O) groups is 3. The Morgan fingerprint density at radius 1 is 1.19 bits per heavy atom. The Morgan fingerprint density at radius 2 is 1.87 bits per heavy atom. The van der Waals surface area contributed by atoms with Crippen molar-refractivity contribution in [2.24, 2.45) is 0 Å². The van der Waals surface area contributed by atoms with Gasteiger partial charge in [-0.3, -0.25) is 9.59 Å². The molecule has 2 N–H and O–H groups in total. The lowest BCUT2D eigenvalue weighted by Crippen LogP contribution is -2.58. The van der Waals surface area contributed by atoms with Crippen LogP contribution in [0.15, 0.2) is 42.5 Å². The van der Waals surface area contributed by atoms with Crippen LogP contribution in [0.25, 0.3) is 0 Å². The maximum absolute atomic E-state index is 13.8. The van der Waals surface area contributed by atoms with Gasteiger partial charge in [0.05, 0.1) is 12.3 Å². The molecule has 3 rings (SSSR count). The van der Waals surface area contributed by atoms with E-state index in [2.05, 4.69) is 5.32 Å². The van der Waals surface area contributed by atoms with Crippen molar-refractivity contribution in [1.82, 2.24) is 0 Å². The minimum absolute atomic E-state index is 0.0545. The molecule has 7 nitrogen and oxygen atoms in total. The number of para-hydroxylation sites is 1. The molecule has 164 valence electrons. The third kappa shape index (κ3) is 3.70. The molecule has 2 aromatic rings. The second kappa shape index (κ2) is 8.51. The van der Waals surface area contributed by atoms with Gasteiger partial charge in [0, 0.05) is 22.9 Å². The number of nitrogens with one attached hydrogen (secondary N) is 1. The number of esters is 1. The van der Waals surface area contributed by atoms with Gasteiger partial charge in [0.25, 0.3) is 5.91 Å². The van der Waals surface area contributed by atoms with Crippen LogP contribution in [0.4, 0.5) is 11.4 Å². The number of carbonyl (C=O) groups excluding carboxylic acids is 3. The standard InChI is InChI=1S/C24H28N2O5/c1-6-31-22(29)21(28)24(25-19-12-11-15(4)13-17(19)16(5)27)18-9-7-8-10-20(18)26(14(2)3)23(24)30/h7-14,21,25,28H,6H2,1-5H3/t21-,24+/m1/s1. The van der Waals surface area contributed by atoms with Gasteiger partial charge in [0.1, 0.15) is 0 Å². The Kier molecular flexibility index (Phi) is 6.18. The van der Waals surface area contributed by atoms with E-state index in [0.29, 0.717) is 22.5 Å². The molecule has 1 aliphatic rings. The zero-order chi connectivity index (χ0) is 22.9. The number of ketones is 1. The van der Waals surface area contributed by atoms with Gasteiger partial charge in [-0.15, -0.1) is 0 Å². The van der Waals surface area contributed by atoms with E-state index in [4.69, 9.17) is 4.74 Å². The number of aliphatic hydroxyl groups excluding tert-OH is 1. The minimum atomic E-state index is -1.84. The van der Waals surface area contributed by atoms with Gasteiger partial charge in [-0.2, -0.15) is 0 Å². The van der Waals surface area contributed by atoms with Crippen molar-refractivity contribution in [3.8, 4) is 0 Å². The molecule has 2 aromatic carbocycles. The van der Waals surface area contributed by atoms with E-state index in [1.807, 2.05) is 20.8 Å². The first-order chi connectivity index (χ1) is 14.6. The van der Waals surface area contributed by atoms with Crippen LogP contribution in [0.5, 0.6) is 0 Å². The van der Waals surface area contributed by atoms with E-state index in [1.54, 1.807) is 54.3 Å². The van der Waals surface area contributed by atoms with Gasteiger partial charge in [0.15, 0.2) is 17.4 Å². The lowest BCUT2D eigenvalue weighted by atomic mass is 9.84. The topological polar surface area (TPSA) is 95.9 Å². The highest BCUT2D eigenvalue weighted by molar-refractivity contribution is 6.13. The van der Waals surface area contributed by atoms with E-state index in [-0.39, 0.29) is 18.4 Å². The molecule has 0 radical (unpaired) electrons. The zero-order valence-corrected chi connectivity index (χ0v) is 18.4. The molecule has 0 spiro atoms. The van der Waals surface area contributed by atoms with Crippen molar-refractivity contribution < 1.29 is 24.2 Å². The Hall–Kier alpha value is -3.19. The summed E-state index contributed by atoms with van der Waals surface area (Å²) in [6, 6.07) is 12.0. The lowest BCUT2D eigenvalue weighted by Gasteiger charge is -2.35. The molecule has 0 aromatic heterocycles. The van der Waals surface area contributed by atoms with Crippen molar-refractivity contribution in [3.63, 3.8) is 0 Å². The summed E-state index contributed by atoms with van der Waals surface area (Å²) in [6.45, 7) is 8.68. The maximum atomic E-state index is 13.8. The number of anilines is 2. The largest absolute Gasteiger partial charge is 0.464 e. The van der Waals surface area contributed by atoms with Crippen LogP contribution < -0.4 is 10.2 Å². The lowest BCUT2D eigenvalue weighted by molar-refractivity contribution is -0.159. The average molecular weight is 424 g/mol. The van der Waals surface area contributed by atoms with E-state index in [9.17, 15) is 19.5 Å². The average Bonchev–Trinajstić information content (AvgIpc) is 2.97. The van der Waals surface area contributed by atoms with Crippen LogP contribution in [-0.4, -0.2) is 41.5 Å². The first kappa shape index (κ1) is 22.5. The van der Waals surface area contributed by atoms with Crippen LogP contribution >= 0.6 is 0 Å². The predicted molar refractivity (Wildman–Crippen MR) is 118 cm³/mol. The van der Waals surface area contributed by atoms with Crippen molar-refractivity contribution in [2.75, 3.05) is 16.8 Å². The maximum Gasteiger partial charge on any atom is 0.338 e. The van der Waals surface area contributed by atoms with Gasteiger partial charge in [0.2, 0.25) is 0 Å². The number of aliphatic hydroxyl groups is 1. The summed E-state index contributed by atoms with van der Waals surface area (Å²) >= 11 is 0. The number of amides is 1. The third-order valence-electron chi connectivity index (χ3n) is 5.47. The summed E-state index contributed by atoms with van der Waals surface area (Å²) in [5.41, 5.74) is 0.794. The monoisotopic (exact) mass is 424 g/mol. The molecule has 0 saturated carbocycles. The second-order valence-electron chi connectivity index (χ2n) is 7.98. The van der Waals surface area contributed by atoms with Crippen molar-refractivity contribution in [1.29, 1.82) is 0 Å². The van der Waals surface area contributed by atoms with Crippen molar-refractivity contribution in [2.45, 2.75) is 52.3 Å². The molecule has 2 atom stereocenters. The molecule has 0 bridgehead atoms. The van der Waals surface area contributed by atoms with Crippen LogP contribution in [0.3, 0.4) is 0 Å². The smallest absolute Gasteiger partial charge is 0.338 e. The molecule has 1 amide bonds. The fourth-order valence-corrected chi connectivity index (χ4v) is 4.07. The highest BCUT2D eigenvalue weighted by Gasteiger charge is 2.59. The first-order valence-electron chi connectivity index (χ1n) is 10.3. The normalized spacial score (nSPS) is 18.7. The van der Waals surface area contributed by atoms with Crippen molar-refractivity contribution >= 4 is 29.0 Å². The number of hydrogen-bond acceptors (Lipinski definition) is 6. The molecule has 1 heterocycles. The number of ether oxygens (including phenoxy) is 1. The van der Waals surface area contributed by atoms with Crippen LogP contribution in [-0.2, 0) is 19.9 Å². The highest BCUT2D eigenvalue weighted by atomic mass is 16.5. The number of aryl methyl sites for hydroxylation is 1. The summed E-state index contributed by atoms with van der Waals surface area (Å²) in [5.74, 6) is -1.61. The van der Waals surface area contributed by atoms with E-state index in [0.717, 1.165) is 5.56 Å². The molecule has 31 heavy (non-hydrogen) atoms. The Balaban J connectivity index is 2.27. The molecular weight excluding hydrogens is 396 g/mol. The Morgan fingerprint density at radius 3 is 2.48 bits per heavy atom. The number of nitrogens with zero attached hydrogens (tertiary/aromatic N) is 1. The third-order valence-corrected chi connectivity index (χ3v) is 5.47.